The lowest BCUT2D eigenvalue weighted by Gasteiger charge is -2.11. The zero-order valence-electron chi connectivity index (χ0n) is 11.2. The summed E-state index contributed by atoms with van der Waals surface area (Å²) in [6.45, 7) is -1.87. The summed E-state index contributed by atoms with van der Waals surface area (Å²) in [4.78, 5) is 0. The van der Waals surface area contributed by atoms with E-state index in [1.807, 2.05) is 0 Å². The summed E-state index contributed by atoms with van der Waals surface area (Å²) in [6.07, 6.45) is 2.33. The Morgan fingerprint density at radius 3 is 2.90 bits per heavy atom. The normalized spacial score (nSPS) is 10.9. The van der Waals surface area contributed by atoms with Crippen molar-refractivity contribution < 1.29 is 18.6 Å². The first kappa shape index (κ1) is 15.2. The van der Waals surface area contributed by atoms with Gasteiger partial charge in [-0.1, -0.05) is 17.3 Å². The van der Waals surface area contributed by atoms with E-state index < -0.39 is 6.61 Å². The molecule has 0 atom stereocenters. The zero-order chi connectivity index (χ0) is 15.1. The van der Waals surface area contributed by atoms with Crippen LogP contribution in [0.4, 0.5) is 14.5 Å². The number of aryl methyl sites for hydroxylation is 1. The molecule has 0 bridgehead atoms. The molecule has 8 heteroatoms. The molecule has 1 aromatic heterocycles. The molecule has 0 aliphatic heterocycles. The van der Waals surface area contributed by atoms with Gasteiger partial charge in [-0.2, -0.15) is 8.78 Å². The number of nitrogens with one attached hydrogen (secondary N) is 1. The third kappa shape index (κ3) is 4.67. The molecule has 2 N–H and O–H groups in total. The second-order valence-electron chi connectivity index (χ2n) is 4.28. The Morgan fingerprint density at radius 2 is 2.14 bits per heavy atom. The molecule has 0 unspecified atom stereocenters. The van der Waals surface area contributed by atoms with Crippen LogP contribution in [0.3, 0.4) is 0 Å². The van der Waals surface area contributed by atoms with Crippen molar-refractivity contribution >= 4 is 5.69 Å². The largest absolute Gasteiger partial charge is 0.433 e. The third-order valence-electron chi connectivity index (χ3n) is 2.69. The molecule has 0 spiro atoms. The van der Waals surface area contributed by atoms with Gasteiger partial charge in [0.1, 0.15) is 11.4 Å². The summed E-state index contributed by atoms with van der Waals surface area (Å²) < 4.78 is 30.6. The molecule has 0 saturated heterocycles. The quantitative estimate of drug-likeness (QED) is 0.778. The number of benzene rings is 1. The molecule has 1 aromatic carbocycles. The van der Waals surface area contributed by atoms with Gasteiger partial charge in [-0.3, -0.25) is 4.68 Å². The Balaban J connectivity index is 1.95. The van der Waals surface area contributed by atoms with E-state index in [0.29, 0.717) is 30.9 Å². The van der Waals surface area contributed by atoms with Gasteiger partial charge in [-0.15, -0.1) is 5.10 Å². The van der Waals surface area contributed by atoms with Gasteiger partial charge >= 0.3 is 6.61 Å². The van der Waals surface area contributed by atoms with Crippen molar-refractivity contribution in [2.75, 3.05) is 11.9 Å². The van der Waals surface area contributed by atoms with E-state index in [4.69, 9.17) is 5.11 Å². The van der Waals surface area contributed by atoms with Crippen LogP contribution in [-0.2, 0) is 13.1 Å². The van der Waals surface area contributed by atoms with Gasteiger partial charge in [0.05, 0.1) is 18.4 Å². The summed E-state index contributed by atoms with van der Waals surface area (Å²) in [5.41, 5.74) is 1.13. The number of aliphatic hydroxyl groups is 1. The molecule has 6 nitrogen and oxygen atoms in total. The first-order valence-electron chi connectivity index (χ1n) is 6.46. The number of halogens is 2. The first-order chi connectivity index (χ1) is 10.2. The maximum atomic E-state index is 12.3. The molecule has 0 radical (unpaired) electrons. The van der Waals surface area contributed by atoms with Crippen molar-refractivity contribution in [1.29, 1.82) is 0 Å². The average molecular weight is 298 g/mol. The van der Waals surface area contributed by atoms with E-state index in [2.05, 4.69) is 20.4 Å². The van der Waals surface area contributed by atoms with Gasteiger partial charge in [0, 0.05) is 13.2 Å². The number of para-hydroxylation sites is 2. The van der Waals surface area contributed by atoms with Gasteiger partial charge in [0.25, 0.3) is 0 Å². The maximum absolute atomic E-state index is 12.3. The number of aromatic nitrogens is 3. The standard InChI is InChI=1S/C13H16F2N4O2/c14-13(15)21-12-5-2-1-4-11(12)16-8-10-9-19(18-17-10)6-3-7-20/h1-2,4-5,9,13,16,20H,3,6-8H2. The Kier molecular flexibility index (Phi) is 5.44. The predicted molar refractivity (Wildman–Crippen MR) is 72.1 cm³/mol. The van der Waals surface area contributed by atoms with Crippen LogP contribution in [0.5, 0.6) is 5.75 Å². The topological polar surface area (TPSA) is 72.2 Å². The Labute approximate surface area is 120 Å². The Bertz CT molecular complexity index is 563. The molecule has 114 valence electrons. The number of hydrogen-bond donors (Lipinski definition) is 2. The number of nitrogens with zero attached hydrogens (tertiary/aromatic N) is 3. The average Bonchev–Trinajstić information content (AvgIpc) is 2.91. The molecular formula is C13H16F2N4O2. The minimum atomic E-state index is -2.87. The summed E-state index contributed by atoms with van der Waals surface area (Å²) in [6, 6.07) is 6.45. The van der Waals surface area contributed by atoms with E-state index in [1.54, 1.807) is 29.1 Å². The lowest BCUT2D eigenvalue weighted by atomic mass is 10.3. The smallest absolute Gasteiger partial charge is 0.387 e. The second kappa shape index (κ2) is 7.53. The third-order valence-corrected chi connectivity index (χ3v) is 2.69. The Morgan fingerprint density at radius 1 is 1.33 bits per heavy atom. The predicted octanol–water partition coefficient (Wildman–Crippen LogP) is 1.87. The van der Waals surface area contributed by atoms with Crippen molar-refractivity contribution in [3.8, 4) is 5.75 Å². The van der Waals surface area contributed by atoms with E-state index in [9.17, 15) is 8.78 Å². The number of anilines is 1. The SMILES string of the molecule is OCCCn1cc(CNc2ccccc2OC(F)F)nn1. The number of rotatable bonds is 8. The van der Waals surface area contributed by atoms with Crippen LogP contribution in [0.1, 0.15) is 12.1 Å². The fraction of sp³-hybridized carbons (Fsp3) is 0.385. The van der Waals surface area contributed by atoms with Gasteiger partial charge in [0.15, 0.2) is 0 Å². The summed E-state index contributed by atoms with van der Waals surface area (Å²) in [5.74, 6) is 0.0835. The van der Waals surface area contributed by atoms with Crippen molar-refractivity contribution in [2.24, 2.45) is 0 Å². The van der Waals surface area contributed by atoms with Crippen LogP contribution in [0.15, 0.2) is 30.5 Å². The molecule has 1 heterocycles. The van der Waals surface area contributed by atoms with Gasteiger partial charge in [-0.05, 0) is 18.6 Å². The lowest BCUT2D eigenvalue weighted by molar-refractivity contribution is -0.0493. The van der Waals surface area contributed by atoms with E-state index in [1.165, 1.54) is 6.07 Å². The van der Waals surface area contributed by atoms with Crippen LogP contribution in [-0.4, -0.2) is 33.3 Å². The number of alkyl halides is 2. The number of hydrogen-bond acceptors (Lipinski definition) is 5. The van der Waals surface area contributed by atoms with Crippen LogP contribution < -0.4 is 10.1 Å². The molecule has 0 amide bonds. The maximum Gasteiger partial charge on any atom is 0.387 e. The monoisotopic (exact) mass is 298 g/mol. The molecule has 2 rings (SSSR count). The van der Waals surface area contributed by atoms with Crippen molar-refractivity contribution in [3.63, 3.8) is 0 Å². The van der Waals surface area contributed by atoms with Crippen LogP contribution in [0.25, 0.3) is 0 Å². The number of aliphatic hydroxyl groups excluding tert-OH is 1. The zero-order valence-corrected chi connectivity index (χ0v) is 11.2. The van der Waals surface area contributed by atoms with Crippen molar-refractivity contribution in [2.45, 2.75) is 26.1 Å². The summed E-state index contributed by atoms with van der Waals surface area (Å²) in [7, 11) is 0. The molecule has 2 aromatic rings. The molecule has 0 aliphatic carbocycles. The number of ether oxygens (including phenoxy) is 1. The fourth-order valence-corrected chi connectivity index (χ4v) is 1.76. The van der Waals surface area contributed by atoms with E-state index in [-0.39, 0.29) is 12.4 Å². The molecule has 0 aliphatic rings. The van der Waals surface area contributed by atoms with E-state index >= 15 is 0 Å². The summed E-state index contributed by atoms with van der Waals surface area (Å²) >= 11 is 0. The highest BCUT2D eigenvalue weighted by molar-refractivity contribution is 5.56. The van der Waals surface area contributed by atoms with E-state index in [0.717, 1.165) is 0 Å². The van der Waals surface area contributed by atoms with Crippen LogP contribution in [0.2, 0.25) is 0 Å². The van der Waals surface area contributed by atoms with Crippen LogP contribution >= 0.6 is 0 Å². The molecule has 21 heavy (non-hydrogen) atoms. The highest BCUT2D eigenvalue weighted by atomic mass is 19.3. The first-order valence-corrected chi connectivity index (χ1v) is 6.46. The highest BCUT2D eigenvalue weighted by Crippen LogP contribution is 2.25. The second-order valence-corrected chi connectivity index (χ2v) is 4.28. The summed E-state index contributed by atoms with van der Waals surface area (Å²) in [5, 5.41) is 19.6. The van der Waals surface area contributed by atoms with Gasteiger partial charge in [0.2, 0.25) is 0 Å². The Hall–Kier alpha value is -2.22. The van der Waals surface area contributed by atoms with Crippen molar-refractivity contribution in [1.82, 2.24) is 15.0 Å². The van der Waals surface area contributed by atoms with Gasteiger partial charge in [-0.25, -0.2) is 0 Å². The molecule has 0 saturated carbocycles. The minimum absolute atomic E-state index is 0.0835. The fourth-order valence-electron chi connectivity index (χ4n) is 1.76. The molecule has 0 fully saturated rings. The van der Waals surface area contributed by atoms with Gasteiger partial charge < -0.3 is 15.2 Å². The van der Waals surface area contributed by atoms with Crippen molar-refractivity contribution in [3.05, 3.63) is 36.2 Å². The lowest BCUT2D eigenvalue weighted by Crippen LogP contribution is -2.06. The highest BCUT2D eigenvalue weighted by Gasteiger charge is 2.09. The minimum Gasteiger partial charge on any atom is -0.433 e. The van der Waals surface area contributed by atoms with Crippen LogP contribution in [0, 0.1) is 0 Å². The molecular weight excluding hydrogens is 282 g/mol.